The van der Waals surface area contributed by atoms with E-state index >= 15 is 0 Å². The van der Waals surface area contributed by atoms with Crippen LogP contribution in [0.25, 0.3) is 0 Å². The molecule has 2 aliphatic carbocycles. The number of nitrogens with zero attached hydrogens (tertiary/aromatic N) is 3. The minimum absolute atomic E-state index is 0.101. The lowest BCUT2D eigenvalue weighted by molar-refractivity contribution is 0.0853. The van der Waals surface area contributed by atoms with Gasteiger partial charge in [0.05, 0.1) is 30.8 Å². The van der Waals surface area contributed by atoms with E-state index in [0.717, 1.165) is 37.9 Å². The molecule has 1 aliphatic heterocycles. The van der Waals surface area contributed by atoms with E-state index in [4.69, 9.17) is 26.8 Å². The van der Waals surface area contributed by atoms with Gasteiger partial charge >= 0.3 is 6.09 Å². The lowest BCUT2D eigenvalue weighted by atomic mass is 9.98. The number of rotatable bonds is 9. The molecule has 1 aromatic heterocycles. The second kappa shape index (κ2) is 11.2. The van der Waals surface area contributed by atoms with E-state index in [0.29, 0.717) is 34.8 Å². The Bertz CT molecular complexity index is 1390. The monoisotopic (exact) mass is 576 g/mol. The van der Waals surface area contributed by atoms with Crippen LogP contribution in [0.2, 0.25) is 5.02 Å². The lowest BCUT2D eigenvalue weighted by Crippen LogP contribution is -2.41. The zero-order chi connectivity index (χ0) is 27.7. The average molecular weight is 577 g/mol. The highest BCUT2D eigenvalue weighted by molar-refractivity contribution is 7.90. The fourth-order valence-corrected chi connectivity index (χ4v) is 6.39. The van der Waals surface area contributed by atoms with Crippen molar-refractivity contribution in [3.63, 3.8) is 0 Å². The van der Waals surface area contributed by atoms with Gasteiger partial charge in [-0.1, -0.05) is 23.8 Å². The summed E-state index contributed by atoms with van der Waals surface area (Å²) < 4.78 is 34.3. The predicted molar refractivity (Wildman–Crippen MR) is 149 cm³/mol. The summed E-state index contributed by atoms with van der Waals surface area (Å²) in [6, 6.07) is 3.84. The van der Waals surface area contributed by atoms with E-state index in [2.05, 4.69) is 37.7 Å². The number of sulfone groups is 1. The van der Waals surface area contributed by atoms with Crippen LogP contribution in [0.5, 0.6) is 5.75 Å². The maximum Gasteiger partial charge on any atom is 0.404 e. The second-order valence-electron chi connectivity index (χ2n) is 10.3. The number of fused-ring (bicyclic) bond motifs is 3. The largest absolute Gasteiger partial charge is 0.495 e. The lowest BCUT2D eigenvalue weighted by Gasteiger charge is -2.28. The molecular formula is C26H33ClN6O5S. The summed E-state index contributed by atoms with van der Waals surface area (Å²) in [5.74, 6) is 1.83. The Morgan fingerprint density at radius 1 is 1.21 bits per heavy atom. The molecule has 0 unspecified atom stereocenters. The molecule has 0 spiro atoms. The summed E-state index contributed by atoms with van der Waals surface area (Å²) in [4.78, 5) is 22.6. The Balaban J connectivity index is 1.32. The summed E-state index contributed by atoms with van der Waals surface area (Å²) in [5.41, 5.74) is 8.36. The maximum atomic E-state index is 11.6. The molecule has 1 fully saturated rings. The van der Waals surface area contributed by atoms with Gasteiger partial charge in [0.1, 0.15) is 26.7 Å². The number of methoxy groups -OCH3 is 1. The quantitative estimate of drug-likeness (QED) is 0.380. The first-order valence-corrected chi connectivity index (χ1v) is 15.3. The standard InChI is InChI=1S/C26H33ClN6O5S/c1-37-21-13-16-6-8-33(9-10-39(2,35)36)7-5-15(16)12-20(21)30-26-29-14-19(27)24(32-26)31-22-17-3-4-18(11-17)23(22)38-25(28)34/h3-4,12-14,17-18,22-23H,5-11H2,1-2H3,(H2,28,34)(H2,29,30,31,32)/t17-,18+,22+,23-/m0/s1. The molecule has 1 aromatic carbocycles. The van der Waals surface area contributed by atoms with Gasteiger partial charge < -0.3 is 30.7 Å². The molecule has 5 rings (SSSR count). The first kappa shape index (κ1) is 27.5. The van der Waals surface area contributed by atoms with E-state index in [1.54, 1.807) is 7.11 Å². The molecule has 4 atom stereocenters. The van der Waals surface area contributed by atoms with Gasteiger partial charge in [0.25, 0.3) is 0 Å². The molecule has 0 saturated heterocycles. The highest BCUT2D eigenvalue weighted by Gasteiger charge is 2.47. The van der Waals surface area contributed by atoms with Crippen molar-refractivity contribution in [1.29, 1.82) is 0 Å². The van der Waals surface area contributed by atoms with Gasteiger partial charge in [-0.05, 0) is 42.5 Å². The van der Waals surface area contributed by atoms with Crippen LogP contribution in [0.3, 0.4) is 0 Å². The van der Waals surface area contributed by atoms with Gasteiger partial charge in [-0.2, -0.15) is 4.98 Å². The number of halogens is 1. The Hall–Kier alpha value is -3.09. The third-order valence-corrected chi connectivity index (χ3v) is 8.83. The van der Waals surface area contributed by atoms with Crippen molar-refractivity contribution in [2.75, 3.05) is 49.4 Å². The number of primary amides is 1. The van der Waals surface area contributed by atoms with E-state index in [1.165, 1.54) is 18.0 Å². The molecule has 2 heterocycles. The molecule has 2 bridgehead atoms. The number of nitrogens with one attached hydrogen (secondary N) is 2. The van der Waals surface area contributed by atoms with Crippen LogP contribution >= 0.6 is 11.6 Å². The number of amides is 1. The number of carbonyl (C=O) groups excluding carboxylic acids is 1. The molecule has 4 N–H and O–H groups in total. The van der Waals surface area contributed by atoms with Crippen LogP contribution in [-0.2, 0) is 27.4 Å². The van der Waals surface area contributed by atoms with Gasteiger partial charge in [0.15, 0.2) is 5.82 Å². The summed E-state index contributed by atoms with van der Waals surface area (Å²) in [7, 11) is -1.40. The van der Waals surface area contributed by atoms with Gasteiger partial charge in [0.2, 0.25) is 5.95 Å². The topological polar surface area (TPSA) is 149 Å². The number of nitrogens with two attached hydrogens (primary N) is 1. The van der Waals surface area contributed by atoms with E-state index < -0.39 is 22.0 Å². The number of benzene rings is 1. The van der Waals surface area contributed by atoms with Crippen molar-refractivity contribution in [3.8, 4) is 5.75 Å². The zero-order valence-corrected chi connectivity index (χ0v) is 23.5. The number of carbonyl (C=O) groups is 1. The van der Waals surface area contributed by atoms with Crippen LogP contribution in [0, 0.1) is 11.8 Å². The van der Waals surface area contributed by atoms with Crippen LogP contribution in [0.4, 0.5) is 22.2 Å². The van der Waals surface area contributed by atoms with Crippen molar-refractivity contribution >= 4 is 45.0 Å². The maximum absolute atomic E-state index is 11.6. The van der Waals surface area contributed by atoms with E-state index in [1.807, 2.05) is 12.1 Å². The van der Waals surface area contributed by atoms with Crippen molar-refractivity contribution in [1.82, 2.24) is 14.9 Å². The molecule has 0 radical (unpaired) electrons. The van der Waals surface area contributed by atoms with Crippen molar-refractivity contribution in [3.05, 3.63) is 46.6 Å². The zero-order valence-electron chi connectivity index (χ0n) is 21.9. The number of hydrogen-bond donors (Lipinski definition) is 3. The van der Waals surface area contributed by atoms with E-state index in [9.17, 15) is 13.2 Å². The molecule has 1 saturated carbocycles. The van der Waals surface area contributed by atoms with Gasteiger partial charge in [-0.25, -0.2) is 18.2 Å². The fraction of sp³-hybridized carbons (Fsp3) is 0.500. The molecule has 2 aromatic rings. The fourth-order valence-electron chi connectivity index (χ4n) is 5.65. The van der Waals surface area contributed by atoms with Crippen LogP contribution in [0.1, 0.15) is 17.5 Å². The first-order valence-electron chi connectivity index (χ1n) is 12.9. The van der Waals surface area contributed by atoms with Crippen molar-refractivity contribution in [2.24, 2.45) is 17.6 Å². The minimum Gasteiger partial charge on any atom is -0.495 e. The number of ether oxygens (including phenoxy) is 2. The molecule has 39 heavy (non-hydrogen) atoms. The first-order chi connectivity index (χ1) is 18.6. The molecular weight excluding hydrogens is 544 g/mol. The van der Waals surface area contributed by atoms with Gasteiger partial charge in [0, 0.05) is 37.7 Å². The molecule has 13 heteroatoms. The summed E-state index contributed by atoms with van der Waals surface area (Å²) in [6.45, 7) is 2.08. The Morgan fingerprint density at radius 2 is 1.92 bits per heavy atom. The van der Waals surface area contributed by atoms with E-state index in [-0.39, 0.29) is 23.6 Å². The molecule has 1 amide bonds. The highest BCUT2D eigenvalue weighted by Crippen LogP contribution is 2.43. The van der Waals surface area contributed by atoms with Crippen LogP contribution in [-0.4, -0.2) is 80.3 Å². The smallest absolute Gasteiger partial charge is 0.404 e. The summed E-state index contributed by atoms with van der Waals surface area (Å²) in [5, 5.41) is 6.95. The molecule has 11 nitrogen and oxygen atoms in total. The second-order valence-corrected chi connectivity index (χ2v) is 13.0. The van der Waals surface area contributed by atoms with Crippen LogP contribution in [0.15, 0.2) is 30.5 Å². The highest BCUT2D eigenvalue weighted by atomic mass is 35.5. The Morgan fingerprint density at radius 3 is 2.62 bits per heavy atom. The number of anilines is 3. The number of hydrogen-bond acceptors (Lipinski definition) is 10. The SMILES string of the molecule is COc1cc2c(cc1Nc1ncc(Cl)c(N[C@H]3[C@@H](OC(N)=O)[C@@H]4C=C[C@H]3C4)n1)CCN(CCS(C)(=O)=O)CC2. The van der Waals surface area contributed by atoms with Crippen LogP contribution < -0.4 is 21.1 Å². The van der Waals surface area contributed by atoms with Gasteiger partial charge in [-0.3, -0.25) is 0 Å². The summed E-state index contributed by atoms with van der Waals surface area (Å²) >= 11 is 6.44. The minimum atomic E-state index is -3.01. The molecule has 3 aliphatic rings. The predicted octanol–water partition coefficient (Wildman–Crippen LogP) is 2.78. The normalized spacial score (nSPS) is 24.2. The summed E-state index contributed by atoms with van der Waals surface area (Å²) in [6.07, 6.45) is 8.19. The number of aromatic nitrogens is 2. The Kier molecular flexibility index (Phi) is 7.88. The van der Waals surface area contributed by atoms with Crippen molar-refractivity contribution in [2.45, 2.75) is 31.4 Å². The third kappa shape index (κ3) is 6.39. The van der Waals surface area contributed by atoms with Crippen molar-refractivity contribution < 1.29 is 22.7 Å². The Labute approximate surface area is 233 Å². The average Bonchev–Trinajstić information content (AvgIpc) is 3.41. The third-order valence-electron chi connectivity index (χ3n) is 7.63. The van der Waals surface area contributed by atoms with Gasteiger partial charge in [-0.15, -0.1) is 0 Å². The molecule has 210 valence electrons.